The minimum absolute atomic E-state index is 0.203. The Morgan fingerprint density at radius 1 is 1.41 bits per heavy atom. The van der Waals surface area contributed by atoms with Crippen LogP contribution in [0.3, 0.4) is 0 Å². The molecule has 0 aliphatic rings. The first kappa shape index (κ1) is 16.0. The average Bonchev–Trinajstić information content (AvgIpc) is 2.82. The molecule has 6 heteroatoms. The van der Waals surface area contributed by atoms with Gasteiger partial charge in [-0.25, -0.2) is 0 Å². The number of ether oxygens (including phenoxy) is 2. The van der Waals surface area contributed by atoms with Gasteiger partial charge >= 0.3 is 0 Å². The molecule has 1 N–H and O–H groups in total. The van der Waals surface area contributed by atoms with Crippen molar-refractivity contribution in [1.82, 2.24) is 9.78 Å². The predicted molar refractivity (Wildman–Crippen MR) is 83.8 cm³/mol. The van der Waals surface area contributed by atoms with Gasteiger partial charge in [-0.2, -0.15) is 5.10 Å². The Balaban J connectivity index is 1.89. The Morgan fingerprint density at radius 3 is 2.82 bits per heavy atom. The lowest BCUT2D eigenvalue weighted by atomic mass is 10.2. The highest BCUT2D eigenvalue weighted by Crippen LogP contribution is 2.14. The summed E-state index contributed by atoms with van der Waals surface area (Å²) in [4.78, 5) is 12.1. The molecule has 0 spiro atoms. The van der Waals surface area contributed by atoms with Crippen molar-refractivity contribution in [2.75, 3.05) is 12.4 Å². The third kappa shape index (κ3) is 4.08. The van der Waals surface area contributed by atoms with Crippen LogP contribution in [0.2, 0.25) is 0 Å². The van der Waals surface area contributed by atoms with Crippen LogP contribution >= 0.6 is 0 Å². The fraction of sp³-hybridized carbons (Fsp3) is 0.375. The van der Waals surface area contributed by atoms with Crippen LogP contribution in [0.15, 0.2) is 30.3 Å². The molecule has 0 bridgehead atoms. The molecule has 0 radical (unpaired) electrons. The fourth-order valence-corrected chi connectivity index (χ4v) is 2.01. The number of carbonyl (C=O) groups is 1. The van der Waals surface area contributed by atoms with Crippen molar-refractivity contribution in [3.8, 4) is 5.75 Å². The summed E-state index contributed by atoms with van der Waals surface area (Å²) in [6, 6.07) is 9.38. The zero-order valence-electron chi connectivity index (χ0n) is 13.3. The third-order valence-electron chi connectivity index (χ3n) is 3.26. The van der Waals surface area contributed by atoms with Gasteiger partial charge in [0.2, 0.25) is 0 Å². The van der Waals surface area contributed by atoms with Crippen molar-refractivity contribution in [3.63, 3.8) is 0 Å². The molecule has 0 unspecified atom stereocenters. The second-order valence-electron chi connectivity index (χ2n) is 5.09. The van der Waals surface area contributed by atoms with Crippen molar-refractivity contribution >= 4 is 11.7 Å². The van der Waals surface area contributed by atoms with E-state index in [0.29, 0.717) is 12.4 Å². The molecule has 1 amide bonds. The van der Waals surface area contributed by atoms with Gasteiger partial charge in [0, 0.05) is 13.1 Å². The number of aryl methyl sites for hydroxylation is 2. The average molecular weight is 303 g/mol. The van der Waals surface area contributed by atoms with E-state index in [1.807, 2.05) is 37.3 Å². The molecule has 1 atom stereocenters. The Labute approximate surface area is 130 Å². The first-order valence-electron chi connectivity index (χ1n) is 7.05. The molecule has 0 fully saturated rings. The van der Waals surface area contributed by atoms with Gasteiger partial charge in [-0.05, 0) is 31.5 Å². The van der Waals surface area contributed by atoms with Crippen LogP contribution in [0.1, 0.15) is 18.2 Å². The molecular weight excluding hydrogens is 282 g/mol. The number of nitrogens with zero attached hydrogens (tertiary/aromatic N) is 2. The number of hydrogen-bond acceptors (Lipinski definition) is 4. The lowest BCUT2D eigenvalue weighted by Gasteiger charge is -2.13. The molecule has 0 aliphatic carbocycles. The number of nitrogens with one attached hydrogen (secondary N) is 1. The monoisotopic (exact) mass is 303 g/mol. The first-order chi connectivity index (χ1) is 10.5. The second-order valence-corrected chi connectivity index (χ2v) is 5.09. The Morgan fingerprint density at radius 2 is 2.18 bits per heavy atom. The number of hydrogen-bond donors (Lipinski definition) is 1. The molecule has 0 saturated carbocycles. The Kier molecular flexibility index (Phi) is 5.16. The Bertz CT molecular complexity index is 652. The molecule has 22 heavy (non-hydrogen) atoms. The summed E-state index contributed by atoms with van der Waals surface area (Å²) in [6.07, 6.45) is -0.568. The molecule has 1 aromatic heterocycles. The van der Waals surface area contributed by atoms with E-state index < -0.39 is 6.10 Å². The van der Waals surface area contributed by atoms with E-state index in [9.17, 15) is 4.79 Å². The molecule has 0 aliphatic heterocycles. The first-order valence-corrected chi connectivity index (χ1v) is 7.05. The number of amides is 1. The van der Waals surface area contributed by atoms with Gasteiger partial charge in [0.1, 0.15) is 17.7 Å². The molecule has 1 heterocycles. The zero-order valence-corrected chi connectivity index (χ0v) is 13.3. The van der Waals surface area contributed by atoms with Crippen LogP contribution in [0.5, 0.6) is 5.75 Å². The van der Waals surface area contributed by atoms with Gasteiger partial charge in [0.05, 0.1) is 19.4 Å². The highest BCUT2D eigenvalue weighted by atomic mass is 16.5. The quantitative estimate of drug-likeness (QED) is 0.889. The number of methoxy groups -OCH3 is 1. The molecule has 2 rings (SSSR count). The standard InChI is InChI=1S/C16H21N3O3/c1-11-8-15(19(3)18-11)17-16(20)12(2)22-10-13-6-5-7-14(9-13)21-4/h5-9,12H,10H2,1-4H3,(H,17,20)/t12-/m1/s1. The van der Waals surface area contributed by atoms with Crippen molar-refractivity contribution in [2.45, 2.75) is 26.6 Å². The number of carbonyl (C=O) groups excluding carboxylic acids is 1. The maximum atomic E-state index is 12.1. The topological polar surface area (TPSA) is 65.4 Å². The van der Waals surface area contributed by atoms with E-state index in [0.717, 1.165) is 17.0 Å². The number of anilines is 1. The summed E-state index contributed by atoms with van der Waals surface area (Å²) < 4.78 is 12.4. The molecule has 2 aromatic rings. The van der Waals surface area contributed by atoms with Crippen molar-refractivity contribution in [2.24, 2.45) is 7.05 Å². The van der Waals surface area contributed by atoms with E-state index in [2.05, 4.69) is 10.4 Å². The van der Waals surface area contributed by atoms with Gasteiger partial charge < -0.3 is 14.8 Å². The van der Waals surface area contributed by atoms with Crippen LogP contribution in [0.4, 0.5) is 5.82 Å². The van der Waals surface area contributed by atoms with E-state index in [-0.39, 0.29) is 5.91 Å². The summed E-state index contributed by atoms with van der Waals surface area (Å²) in [5.41, 5.74) is 1.80. The Hall–Kier alpha value is -2.34. The summed E-state index contributed by atoms with van der Waals surface area (Å²) in [6.45, 7) is 3.94. The molecule has 0 saturated heterocycles. The maximum absolute atomic E-state index is 12.1. The van der Waals surface area contributed by atoms with E-state index in [4.69, 9.17) is 9.47 Å². The van der Waals surface area contributed by atoms with Crippen molar-refractivity contribution in [1.29, 1.82) is 0 Å². The normalized spacial score (nSPS) is 12.0. The number of aromatic nitrogens is 2. The SMILES string of the molecule is COc1cccc(CO[C@H](C)C(=O)Nc2cc(C)nn2C)c1. The third-order valence-corrected chi connectivity index (χ3v) is 3.26. The van der Waals surface area contributed by atoms with E-state index in [1.165, 1.54) is 0 Å². The minimum atomic E-state index is -0.568. The number of benzene rings is 1. The van der Waals surface area contributed by atoms with Gasteiger partial charge in [-0.1, -0.05) is 12.1 Å². The zero-order chi connectivity index (χ0) is 16.1. The predicted octanol–water partition coefficient (Wildman–Crippen LogP) is 2.28. The summed E-state index contributed by atoms with van der Waals surface area (Å²) in [5, 5.41) is 6.98. The van der Waals surface area contributed by atoms with Gasteiger partial charge in [-0.15, -0.1) is 0 Å². The lowest BCUT2D eigenvalue weighted by molar-refractivity contribution is -0.127. The molecular formula is C16H21N3O3. The van der Waals surface area contributed by atoms with Crippen molar-refractivity contribution < 1.29 is 14.3 Å². The van der Waals surface area contributed by atoms with Crippen LogP contribution < -0.4 is 10.1 Å². The largest absolute Gasteiger partial charge is 0.497 e. The molecule has 1 aromatic carbocycles. The fourth-order valence-electron chi connectivity index (χ4n) is 2.01. The van der Waals surface area contributed by atoms with Crippen LogP contribution in [-0.2, 0) is 23.2 Å². The minimum Gasteiger partial charge on any atom is -0.497 e. The van der Waals surface area contributed by atoms with Crippen molar-refractivity contribution in [3.05, 3.63) is 41.6 Å². The van der Waals surface area contributed by atoms with Crippen LogP contribution in [-0.4, -0.2) is 28.9 Å². The number of rotatable bonds is 6. The van der Waals surface area contributed by atoms with Crippen LogP contribution in [0, 0.1) is 6.92 Å². The summed E-state index contributed by atoms with van der Waals surface area (Å²) in [5.74, 6) is 1.22. The van der Waals surface area contributed by atoms with Gasteiger partial charge in [-0.3, -0.25) is 9.48 Å². The van der Waals surface area contributed by atoms with Gasteiger partial charge in [0.15, 0.2) is 0 Å². The van der Waals surface area contributed by atoms with E-state index >= 15 is 0 Å². The highest BCUT2D eigenvalue weighted by molar-refractivity contribution is 5.93. The van der Waals surface area contributed by atoms with E-state index in [1.54, 1.807) is 25.8 Å². The summed E-state index contributed by atoms with van der Waals surface area (Å²) in [7, 11) is 3.40. The highest BCUT2D eigenvalue weighted by Gasteiger charge is 2.15. The van der Waals surface area contributed by atoms with Gasteiger partial charge in [0.25, 0.3) is 5.91 Å². The summed E-state index contributed by atoms with van der Waals surface area (Å²) >= 11 is 0. The molecule has 118 valence electrons. The second kappa shape index (κ2) is 7.09. The van der Waals surface area contributed by atoms with Crippen LogP contribution in [0.25, 0.3) is 0 Å². The molecule has 6 nitrogen and oxygen atoms in total. The maximum Gasteiger partial charge on any atom is 0.254 e. The lowest BCUT2D eigenvalue weighted by Crippen LogP contribution is -2.28. The smallest absolute Gasteiger partial charge is 0.254 e.